The zero-order chi connectivity index (χ0) is 10.3. The molecule has 1 atom stereocenters. The molecule has 0 amide bonds. The molecule has 1 saturated heterocycles. The summed E-state index contributed by atoms with van der Waals surface area (Å²) in [4.78, 5) is 0. The second kappa shape index (κ2) is 6.19. The molecule has 0 saturated carbocycles. The Kier molecular flexibility index (Phi) is 4.55. The van der Waals surface area contributed by atoms with Gasteiger partial charge >= 0.3 is 0 Å². The summed E-state index contributed by atoms with van der Waals surface area (Å²) in [7, 11) is 0. The Morgan fingerprint density at radius 2 is 2.13 bits per heavy atom. The minimum absolute atomic E-state index is 0.896. The normalized spacial score (nSPS) is 21.5. The molecule has 1 fully saturated rings. The summed E-state index contributed by atoms with van der Waals surface area (Å²) in [5, 5.41) is 3.47. The van der Waals surface area contributed by atoms with E-state index in [9.17, 15) is 0 Å². The van der Waals surface area contributed by atoms with E-state index in [2.05, 4.69) is 47.4 Å². The minimum atomic E-state index is 0.896. The Morgan fingerprint density at radius 3 is 2.87 bits per heavy atom. The first-order chi connectivity index (χ1) is 7.45. The molecule has 0 unspecified atom stereocenters. The Labute approximate surface area is 96.7 Å². The van der Waals surface area contributed by atoms with E-state index in [-0.39, 0.29) is 0 Å². The van der Waals surface area contributed by atoms with Gasteiger partial charge in [-0.2, -0.15) is 11.8 Å². The van der Waals surface area contributed by atoms with Crippen molar-refractivity contribution in [1.29, 1.82) is 0 Å². The van der Waals surface area contributed by atoms with Crippen molar-refractivity contribution in [2.75, 3.05) is 18.8 Å². The molecule has 1 aliphatic rings. The van der Waals surface area contributed by atoms with Gasteiger partial charge in [0.2, 0.25) is 0 Å². The maximum atomic E-state index is 3.47. The van der Waals surface area contributed by atoms with Gasteiger partial charge in [0.05, 0.1) is 0 Å². The lowest BCUT2D eigenvalue weighted by Gasteiger charge is -2.22. The first kappa shape index (κ1) is 11.0. The van der Waals surface area contributed by atoms with E-state index < -0.39 is 0 Å². The van der Waals surface area contributed by atoms with Gasteiger partial charge in [-0.3, -0.25) is 0 Å². The Bertz CT molecular complexity index is 267. The number of benzene rings is 1. The van der Waals surface area contributed by atoms with E-state index in [0.717, 1.165) is 11.7 Å². The second-order valence-corrected chi connectivity index (χ2v) is 5.24. The third-order valence-electron chi connectivity index (χ3n) is 2.86. The van der Waals surface area contributed by atoms with Crippen molar-refractivity contribution in [3.8, 4) is 0 Å². The number of nitrogens with one attached hydrogen (secondary N) is 1. The Hall–Kier alpha value is -0.470. The number of piperidine rings is 1. The van der Waals surface area contributed by atoms with E-state index in [0.29, 0.717) is 0 Å². The molecule has 0 aromatic heterocycles. The quantitative estimate of drug-likeness (QED) is 0.839. The van der Waals surface area contributed by atoms with Crippen LogP contribution in [0.5, 0.6) is 0 Å². The number of hydrogen-bond acceptors (Lipinski definition) is 2. The predicted octanol–water partition coefficient (Wildman–Crippen LogP) is 2.92. The molecule has 1 aromatic carbocycles. The Morgan fingerprint density at radius 1 is 1.27 bits per heavy atom. The van der Waals surface area contributed by atoms with Crippen LogP contribution in [0.4, 0.5) is 0 Å². The standard InChI is InChI=1S/C13H19NS/c1-2-5-12(6-3-1)10-15-11-13-7-4-8-14-9-13/h1-3,5-6,13-14H,4,7-11H2/t13-/m0/s1. The topological polar surface area (TPSA) is 12.0 Å². The summed E-state index contributed by atoms with van der Waals surface area (Å²) in [6.45, 7) is 2.45. The molecular weight excluding hydrogens is 202 g/mol. The summed E-state index contributed by atoms with van der Waals surface area (Å²) in [5.74, 6) is 3.37. The average Bonchev–Trinajstić information content (AvgIpc) is 2.32. The van der Waals surface area contributed by atoms with Crippen molar-refractivity contribution in [3.05, 3.63) is 35.9 Å². The molecule has 1 aliphatic heterocycles. The lowest BCUT2D eigenvalue weighted by Crippen LogP contribution is -2.30. The fourth-order valence-corrected chi connectivity index (χ4v) is 3.15. The van der Waals surface area contributed by atoms with Gasteiger partial charge in [-0.1, -0.05) is 30.3 Å². The van der Waals surface area contributed by atoms with E-state index in [1.165, 1.54) is 37.2 Å². The lowest BCUT2D eigenvalue weighted by atomic mass is 10.0. The highest BCUT2D eigenvalue weighted by atomic mass is 32.2. The van der Waals surface area contributed by atoms with E-state index in [4.69, 9.17) is 0 Å². The number of rotatable bonds is 4. The van der Waals surface area contributed by atoms with Gasteiger partial charge in [0, 0.05) is 5.75 Å². The molecule has 0 bridgehead atoms. The monoisotopic (exact) mass is 221 g/mol. The largest absolute Gasteiger partial charge is 0.316 e. The maximum absolute atomic E-state index is 3.47. The highest BCUT2D eigenvalue weighted by Crippen LogP contribution is 2.19. The number of thioether (sulfide) groups is 1. The highest BCUT2D eigenvalue weighted by Gasteiger charge is 2.12. The van der Waals surface area contributed by atoms with Crippen molar-refractivity contribution in [1.82, 2.24) is 5.32 Å². The van der Waals surface area contributed by atoms with Gasteiger partial charge < -0.3 is 5.32 Å². The Balaban J connectivity index is 1.66. The summed E-state index contributed by atoms with van der Waals surface area (Å²) < 4.78 is 0. The third kappa shape index (κ3) is 3.88. The van der Waals surface area contributed by atoms with Crippen molar-refractivity contribution >= 4 is 11.8 Å². The van der Waals surface area contributed by atoms with Gasteiger partial charge in [0.15, 0.2) is 0 Å². The molecule has 2 heteroatoms. The van der Waals surface area contributed by atoms with Crippen LogP contribution in [-0.4, -0.2) is 18.8 Å². The first-order valence-corrected chi connectivity index (χ1v) is 6.93. The highest BCUT2D eigenvalue weighted by molar-refractivity contribution is 7.98. The van der Waals surface area contributed by atoms with Crippen LogP contribution < -0.4 is 5.32 Å². The molecule has 0 radical (unpaired) electrons. The molecule has 1 N–H and O–H groups in total. The van der Waals surface area contributed by atoms with Crippen molar-refractivity contribution < 1.29 is 0 Å². The van der Waals surface area contributed by atoms with Gasteiger partial charge in [0.1, 0.15) is 0 Å². The van der Waals surface area contributed by atoms with Crippen molar-refractivity contribution in [2.24, 2.45) is 5.92 Å². The van der Waals surface area contributed by atoms with E-state index in [1.54, 1.807) is 0 Å². The zero-order valence-electron chi connectivity index (χ0n) is 9.11. The van der Waals surface area contributed by atoms with Crippen LogP contribution in [0.25, 0.3) is 0 Å². The van der Waals surface area contributed by atoms with Crippen LogP contribution in [0, 0.1) is 5.92 Å². The maximum Gasteiger partial charge on any atom is 0.0184 e. The number of hydrogen-bond donors (Lipinski definition) is 1. The van der Waals surface area contributed by atoms with Crippen molar-refractivity contribution in [3.63, 3.8) is 0 Å². The van der Waals surface area contributed by atoms with Crippen LogP contribution >= 0.6 is 11.8 Å². The molecular formula is C13H19NS. The molecule has 2 rings (SSSR count). The fraction of sp³-hybridized carbons (Fsp3) is 0.538. The smallest absolute Gasteiger partial charge is 0.0184 e. The van der Waals surface area contributed by atoms with Crippen LogP contribution in [0.2, 0.25) is 0 Å². The summed E-state index contributed by atoms with van der Waals surface area (Å²) >= 11 is 2.07. The first-order valence-electron chi connectivity index (χ1n) is 5.77. The molecule has 15 heavy (non-hydrogen) atoms. The van der Waals surface area contributed by atoms with Crippen LogP contribution in [0.15, 0.2) is 30.3 Å². The summed E-state index contributed by atoms with van der Waals surface area (Å²) in [6.07, 6.45) is 2.77. The third-order valence-corrected chi connectivity index (χ3v) is 4.11. The van der Waals surface area contributed by atoms with Crippen LogP contribution in [-0.2, 0) is 5.75 Å². The molecule has 1 aromatic rings. The van der Waals surface area contributed by atoms with E-state index in [1.807, 2.05) is 0 Å². The van der Waals surface area contributed by atoms with Crippen molar-refractivity contribution in [2.45, 2.75) is 18.6 Å². The second-order valence-electron chi connectivity index (χ2n) is 4.21. The zero-order valence-corrected chi connectivity index (χ0v) is 9.93. The summed E-state index contributed by atoms with van der Waals surface area (Å²) in [6, 6.07) is 10.8. The van der Waals surface area contributed by atoms with Gasteiger partial charge in [0.25, 0.3) is 0 Å². The minimum Gasteiger partial charge on any atom is -0.316 e. The average molecular weight is 221 g/mol. The van der Waals surface area contributed by atoms with E-state index >= 15 is 0 Å². The van der Waals surface area contributed by atoms with Crippen LogP contribution in [0.3, 0.4) is 0 Å². The predicted molar refractivity (Wildman–Crippen MR) is 68.2 cm³/mol. The fourth-order valence-electron chi connectivity index (χ4n) is 1.98. The molecule has 82 valence electrons. The van der Waals surface area contributed by atoms with Crippen LogP contribution in [0.1, 0.15) is 18.4 Å². The molecule has 1 heterocycles. The van der Waals surface area contributed by atoms with Gasteiger partial charge in [-0.05, 0) is 43.2 Å². The molecule has 0 aliphatic carbocycles. The summed E-state index contributed by atoms with van der Waals surface area (Å²) in [5.41, 5.74) is 1.45. The lowest BCUT2D eigenvalue weighted by molar-refractivity contribution is 0.410. The molecule has 0 spiro atoms. The van der Waals surface area contributed by atoms with Gasteiger partial charge in [-0.25, -0.2) is 0 Å². The molecule has 1 nitrogen and oxygen atoms in total. The van der Waals surface area contributed by atoms with Gasteiger partial charge in [-0.15, -0.1) is 0 Å². The SMILES string of the molecule is c1ccc(CSC[C@H]2CCCNC2)cc1.